The molecule has 1 unspecified atom stereocenters. The standard InChI is InChI=1S/C14H20N2O2/c15-13-5-1-3-11(9-13)6-8-16-7-2-4-12(10-16)14(17)18/h1,3,5,9,12H,2,4,6-8,10,15H2,(H,17,18). The highest BCUT2D eigenvalue weighted by molar-refractivity contribution is 5.70. The predicted molar refractivity (Wildman–Crippen MR) is 71.4 cm³/mol. The number of likely N-dealkylation sites (tertiary alicyclic amines) is 1. The molecule has 0 bridgehead atoms. The van der Waals surface area contributed by atoms with Crippen molar-refractivity contribution in [3.05, 3.63) is 29.8 Å². The summed E-state index contributed by atoms with van der Waals surface area (Å²) in [6.45, 7) is 2.59. The van der Waals surface area contributed by atoms with Crippen LogP contribution in [0, 0.1) is 5.92 Å². The van der Waals surface area contributed by atoms with Crippen molar-refractivity contribution in [1.82, 2.24) is 4.90 Å². The highest BCUT2D eigenvalue weighted by Crippen LogP contribution is 2.17. The number of nitrogens with two attached hydrogens (primary N) is 1. The van der Waals surface area contributed by atoms with Crippen molar-refractivity contribution in [3.63, 3.8) is 0 Å². The van der Waals surface area contributed by atoms with Gasteiger partial charge in [-0.05, 0) is 43.5 Å². The van der Waals surface area contributed by atoms with Crippen LogP contribution in [0.1, 0.15) is 18.4 Å². The minimum atomic E-state index is -0.663. The number of carboxylic acids is 1. The van der Waals surface area contributed by atoms with Crippen LogP contribution in [-0.4, -0.2) is 35.6 Å². The Morgan fingerprint density at radius 2 is 2.33 bits per heavy atom. The fraction of sp³-hybridized carbons (Fsp3) is 0.500. The van der Waals surface area contributed by atoms with Crippen LogP contribution in [0.25, 0.3) is 0 Å². The lowest BCUT2D eigenvalue weighted by Gasteiger charge is -2.30. The zero-order valence-electron chi connectivity index (χ0n) is 10.5. The molecule has 1 aliphatic rings. The van der Waals surface area contributed by atoms with E-state index in [4.69, 9.17) is 10.8 Å². The Balaban J connectivity index is 1.84. The van der Waals surface area contributed by atoms with Crippen LogP contribution in [0.4, 0.5) is 5.69 Å². The highest BCUT2D eigenvalue weighted by atomic mass is 16.4. The van der Waals surface area contributed by atoms with Gasteiger partial charge in [0.25, 0.3) is 0 Å². The molecule has 1 heterocycles. The summed E-state index contributed by atoms with van der Waals surface area (Å²) in [6.07, 6.45) is 2.72. The first-order valence-electron chi connectivity index (χ1n) is 6.45. The lowest BCUT2D eigenvalue weighted by molar-refractivity contribution is -0.143. The molecule has 3 N–H and O–H groups in total. The maximum absolute atomic E-state index is 11.0. The molecule has 1 aromatic rings. The number of anilines is 1. The Morgan fingerprint density at radius 3 is 3.06 bits per heavy atom. The highest BCUT2D eigenvalue weighted by Gasteiger charge is 2.24. The van der Waals surface area contributed by atoms with E-state index in [-0.39, 0.29) is 5.92 Å². The molecule has 1 atom stereocenters. The van der Waals surface area contributed by atoms with E-state index in [0.717, 1.165) is 38.0 Å². The molecule has 1 aliphatic heterocycles. The van der Waals surface area contributed by atoms with Crippen LogP contribution in [0.15, 0.2) is 24.3 Å². The van der Waals surface area contributed by atoms with Crippen molar-refractivity contribution in [1.29, 1.82) is 0 Å². The molecule has 1 fully saturated rings. The van der Waals surface area contributed by atoms with Crippen LogP contribution >= 0.6 is 0 Å². The first kappa shape index (κ1) is 12.9. The lowest BCUT2D eigenvalue weighted by Crippen LogP contribution is -2.39. The molecule has 0 aromatic heterocycles. The molecule has 2 rings (SSSR count). The number of aliphatic carboxylic acids is 1. The fourth-order valence-corrected chi connectivity index (χ4v) is 2.50. The van der Waals surface area contributed by atoms with E-state index in [2.05, 4.69) is 11.0 Å². The maximum atomic E-state index is 11.0. The third kappa shape index (κ3) is 3.47. The van der Waals surface area contributed by atoms with E-state index < -0.39 is 5.97 Å². The molecule has 4 heteroatoms. The van der Waals surface area contributed by atoms with Crippen LogP contribution in [-0.2, 0) is 11.2 Å². The predicted octanol–water partition coefficient (Wildman–Crippen LogP) is 1.61. The van der Waals surface area contributed by atoms with Crippen molar-refractivity contribution in [2.75, 3.05) is 25.4 Å². The maximum Gasteiger partial charge on any atom is 0.307 e. The Morgan fingerprint density at radius 1 is 1.50 bits per heavy atom. The van der Waals surface area contributed by atoms with Crippen LogP contribution in [0.2, 0.25) is 0 Å². The molecule has 0 aliphatic carbocycles. The smallest absolute Gasteiger partial charge is 0.307 e. The van der Waals surface area contributed by atoms with E-state index >= 15 is 0 Å². The van der Waals surface area contributed by atoms with Crippen molar-refractivity contribution < 1.29 is 9.90 Å². The number of benzene rings is 1. The second-order valence-corrected chi connectivity index (χ2v) is 4.97. The Labute approximate surface area is 107 Å². The zero-order chi connectivity index (χ0) is 13.0. The number of rotatable bonds is 4. The van der Waals surface area contributed by atoms with Gasteiger partial charge in [-0.3, -0.25) is 4.79 Å². The molecule has 0 amide bonds. The average molecular weight is 248 g/mol. The largest absolute Gasteiger partial charge is 0.481 e. The van der Waals surface area contributed by atoms with E-state index in [1.54, 1.807) is 0 Å². The summed E-state index contributed by atoms with van der Waals surface area (Å²) in [4.78, 5) is 13.2. The fourth-order valence-electron chi connectivity index (χ4n) is 2.50. The third-order valence-electron chi connectivity index (χ3n) is 3.52. The molecule has 0 spiro atoms. The van der Waals surface area contributed by atoms with Gasteiger partial charge >= 0.3 is 5.97 Å². The molecule has 18 heavy (non-hydrogen) atoms. The summed E-state index contributed by atoms with van der Waals surface area (Å²) >= 11 is 0. The summed E-state index contributed by atoms with van der Waals surface area (Å²) in [5.74, 6) is -0.858. The summed E-state index contributed by atoms with van der Waals surface area (Å²) in [7, 11) is 0. The van der Waals surface area contributed by atoms with Gasteiger partial charge in [0.2, 0.25) is 0 Å². The van der Waals surface area contributed by atoms with E-state index in [9.17, 15) is 4.79 Å². The quantitative estimate of drug-likeness (QED) is 0.794. The van der Waals surface area contributed by atoms with Gasteiger partial charge in [0, 0.05) is 18.8 Å². The molecule has 1 aromatic carbocycles. The van der Waals surface area contributed by atoms with Crippen LogP contribution < -0.4 is 5.73 Å². The molecular weight excluding hydrogens is 228 g/mol. The monoisotopic (exact) mass is 248 g/mol. The number of hydrogen-bond acceptors (Lipinski definition) is 3. The molecular formula is C14H20N2O2. The number of piperidine rings is 1. The Bertz CT molecular complexity index is 420. The topological polar surface area (TPSA) is 66.6 Å². The van der Waals surface area contributed by atoms with Crippen molar-refractivity contribution in [2.45, 2.75) is 19.3 Å². The minimum absolute atomic E-state index is 0.195. The third-order valence-corrected chi connectivity index (χ3v) is 3.52. The number of carboxylic acid groups (broad SMARTS) is 1. The molecule has 4 nitrogen and oxygen atoms in total. The molecule has 0 radical (unpaired) electrons. The summed E-state index contributed by atoms with van der Waals surface area (Å²) < 4.78 is 0. The first-order valence-corrected chi connectivity index (χ1v) is 6.45. The van der Waals surface area contributed by atoms with Gasteiger partial charge in [-0.2, -0.15) is 0 Å². The Kier molecular flexibility index (Phi) is 4.20. The van der Waals surface area contributed by atoms with E-state index in [0.29, 0.717) is 6.54 Å². The number of nitrogens with zero attached hydrogens (tertiary/aromatic N) is 1. The van der Waals surface area contributed by atoms with Crippen molar-refractivity contribution in [3.8, 4) is 0 Å². The summed E-state index contributed by atoms with van der Waals surface area (Å²) in [5.41, 5.74) is 7.74. The summed E-state index contributed by atoms with van der Waals surface area (Å²) in [6, 6.07) is 7.89. The molecule has 98 valence electrons. The van der Waals surface area contributed by atoms with Crippen LogP contribution in [0.3, 0.4) is 0 Å². The van der Waals surface area contributed by atoms with Crippen LogP contribution in [0.5, 0.6) is 0 Å². The number of carbonyl (C=O) groups is 1. The van der Waals surface area contributed by atoms with Gasteiger partial charge in [-0.25, -0.2) is 0 Å². The lowest BCUT2D eigenvalue weighted by atomic mass is 9.98. The molecule has 0 saturated carbocycles. The van der Waals surface area contributed by atoms with E-state index in [1.807, 2.05) is 18.2 Å². The van der Waals surface area contributed by atoms with Gasteiger partial charge in [0.1, 0.15) is 0 Å². The van der Waals surface area contributed by atoms with Gasteiger partial charge in [0.15, 0.2) is 0 Å². The van der Waals surface area contributed by atoms with Crippen molar-refractivity contribution in [2.24, 2.45) is 5.92 Å². The number of hydrogen-bond donors (Lipinski definition) is 2. The van der Waals surface area contributed by atoms with E-state index in [1.165, 1.54) is 5.56 Å². The number of nitrogen functional groups attached to an aromatic ring is 1. The zero-order valence-corrected chi connectivity index (χ0v) is 10.5. The first-order chi connectivity index (χ1) is 8.65. The van der Waals surface area contributed by atoms with Gasteiger partial charge < -0.3 is 15.7 Å². The second-order valence-electron chi connectivity index (χ2n) is 4.97. The normalized spacial score (nSPS) is 20.8. The minimum Gasteiger partial charge on any atom is -0.481 e. The van der Waals surface area contributed by atoms with Gasteiger partial charge in [-0.15, -0.1) is 0 Å². The van der Waals surface area contributed by atoms with Crippen molar-refractivity contribution >= 4 is 11.7 Å². The van der Waals surface area contributed by atoms with Gasteiger partial charge in [0.05, 0.1) is 5.92 Å². The SMILES string of the molecule is Nc1cccc(CCN2CCCC(C(=O)O)C2)c1. The Hall–Kier alpha value is -1.55. The second kappa shape index (κ2) is 5.87. The van der Waals surface area contributed by atoms with Gasteiger partial charge in [-0.1, -0.05) is 12.1 Å². The average Bonchev–Trinajstić information content (AvgIpc) is 2.37. The molecule has 1 saturated heterocycles. The summed E-state index contributed by atoms with van der Waals surface area (Å²) in [5, 5.41) is 9.03.